The molecule has 2 aliphatic heterocycles. The Balaban J connectivity index is 1.30. The van der Waals surface area contributed by atoms with Crippen molar-refractivity contribution in [2.45, 2.75) is 44.3 Å². The van der Waals surface area contributed by atoms with Crippen molar-refractivity contribution in [3.63, 3.8) is 0 Å². The van der Waals surface area contributed by atoms with Crippen molar-refractivity contribution in [3.05, 3.63) is 60.2 Å². The Morgan fingerprint density at radius 3 is 2.33 bits per heavy atom. The van der Waals surface area contributed by atoms with Crippen LogP contribution in [0, 0.1) is 0 Å². The van der Waals surface area contributed by atoms with Gasteiger partial charge in [-0.3, -0.25) is 4.90 Å². The Morgan fingerprint density at radius 2 is 1.73 bits per heavy atom. The van der Waals surface area contributed by atoms with Gasteiger partial charge in [-0.05, 0) is 61.8 Å². The maximum Gasteiger partial charge on any atom is 0.573 e. The van der Waals surface area contributed by atoms with Gasteiger partial charge in [-0.2, -0.15) is 0 Å². The minimum atomic E-state index is -4.73. The largest absolute Gasteiger partial charge is 0.573 e. The third kappa shape index (κ3) is 5.50. The van der Waals surface area contributed by atoms with Gasteiger partial charge >= 0.3 is 12.5 Å². The van der Waals surface area contributed by atoms with Crippen LogP contribution in [0.15, 0.2) is 54.6 Å². The summed E-state index contributed by atoms with van der Waals surface area (Å²) in [4.78, 5) is 16.4. The summed E-state index contributed by atoms with van der Waals surface area (Å²) in [5, 5.41) is 3.53. The Hall–Kier alpha value is -3.01. The summed E-state index contributed by atoms with van der Waals surface area (Å²) in [6.07, 6.45) is -3.84. The van der Waals surface area contributed by atoms with E-state index in [1.807, 2.05) is 47.1 Å². The molecule has 33 heavy (non-hydrogen) atoms. The second-order valence-electron chi connectivity index (χ2n) is 8.08. The van der Waals surface area contributed by atoms with E-state index >= 15 is 0 Å². The summed E-state index contributed by atoms with van der Waals surface area (Å²) in [5.41, 5.74) is 1.55. The van der Waals surface area contributed by atoms with Gasteiger partial charge in [-0.15, -0.1) is 13.2 Å². The molecule has 0 radical (unpaired) electrons. The molecule has 10 heteroatoms. The topological polar surface area (TPSA) is 54.0 Å². The average Bonchev–Trinajstić information content (AvgIpc) is 3.08. The highest BCUT2D eigenvalue weighted by atomic mass is 32.1. The van der Waals surface area contributed by atoms with Crippen molar-refractivity contribution >= 4 is 29.1 Å². The zero-order valence-electron chi connectivity index (χ0n) is 17.9. The second-order valence-corrected chi connectivity index (χ2v) is 8.47. The molecule has 2 aromatic rings. The van der Waals surface area contributed by atoms with Gasteiger partial charge in [0.05, 0.1) is 6.04 Å². The molecule has 0 spiro atoms. The van der Waals surface area contributed by atoms with Crippen LogP contribution in [0.2, 0.25) is 0 Å². The maximum atomic E-state index is 12.6. The first-order chi connectivity index (χ1) is 15.7. The van der Waals surface area contributed by atoms with Gasteiger partial charge in [0, 0.05) is 24.8 Å². The number of alkyl halides is 3. The molecule has 0 aromatic heterocycles. The molecule has 4 rings (SSSR count). The molecule has 2 aromatic carbocycles. The molecule has 0 aliphatic carbocycles. The van der Waals surface area contributed by atoms with Crippen LogP contribution >= 0.6 is 12.2 Å². The predicted molar refractivity (Wildman–Crippen MR) is 121 cm³/mol. The number of nitrogens with zero attached hydrogens (tertiary/aromatic N) is 2. The van der Waals surface area contributed by atoms with Crippen LogP contribution < -0.4 is 10.1 Å². The summed E-state index contributed by atoms with van der Waals surface area (Å²) in [7, 11) is 0. The smallest absolute Gasteiger partial charge is 0.439 e. The lowest BCUT2D eigenvalue weighted by molar-refractivity contribution is -0.274. The first-order valence-electron chi connectivity index (χ1n) is 10.7. The van der Waals surface area contributed by atoms with Crippen LogP contribution in [0.4, 0.5) is 23.7 Å². The third-order valence-electron chi connectivity index (χ3n) is 5.93. The van der Waals surface area contributed by atoms with Gasteiger partial charge in [0.25, 0.3) is 0 Å². The minimum absolute atomic E-state index is 0.0547. The lowest BCUT2D eigenvalue weighted by Gasteiger charge is -2.38. The number of carbonyl (C=O) groups excluding carboxylic acids is 1. The number of halogens is 3. The number of hydrogen-bond donors (Lipinski definition) is 1. The summed E-state index contributed by atoms with van der Waals surface area (Å²) >= 11 is 5.48. The van der Waals surface area contributed by atoms with Gasteiger partial charge in [0.1, 0.15) is 11.9 Å². The number of carbonyl (C=O) groups is 1. The van der Waals surface area contributed by atoms with Gasteiger partial charge in [-0.1, -0.05) is 30.3 Å². The van der Waals surface area contributed by atoms with Crippen LogP contribution in [0.25, 0.3) is 0 Å². The number of ether oxygens (including phenoxy) is 2. The molecule has 0 saturated carbocycles. The summed E-state index contributed by atoms with van der Waals surface area (Å²) in [5.74, 6) is -0.291. The molecule has 176 valence electrons. The monoisotopic (exact) mass is 479 g/mol. The summed E-state index contributed by atoms with van der Waals surface area (Å²) in [6.45, 7) is 3.31. The Bertz CT molecular complexity index is 980. The molecule has 1 amide bonds. The van der Waals surface area contributed by atoms with E-state index < -0.39 is 6.36 Å². The van der Waals surface area contributed by atoms with E-state index in [-0.39, 0.29) is 30.0 Å². The molecular weight excluding hydrogens is 455 g/mol. The van der Waals surface area contributed by atoms with E-state index in [0.29, 0.717) is 23.9 Å². The first kappa shape index (κ1) is 23.2. The fourth-order valence-corrected chi connectivity index (χ4v) is 4.64. The highest BCUT2D eigenvalue weighted by molar-refractivity contribution is 7.80. The second kappa shape index (κ2) is 9.46. The minimum Gasteiger partial charge on any atom is -0.439 e. The molecule has 2 heterocycles. The van der Waals surface area contributed by atoms with E-state index in [1.165, 1.54) is 24.3 Å². The molecule has 2 saturated heterocycles. The molecule has 2 unspecified atom stereocenters. The zero-order chi connectivity index (χ0) is 23.6. The lowest BCUT2D eigenvalue weighted by Crippen LogP contribution is -2.50. The fourth-order valence-electron chi connectivity index (χ4n) is 4.34. The first-order valence-corrected chi connectivity index (χ1v) is 11.1. The van der Waals surface area contributed by atoms with Gasteiger partial charge in [0.2, 0.25) is 0 Å². The van der Waals surface area contributed by atoms with Crippen LogP contribution in [-0.2, 0) is 4.74 Å². The van der Waals surface area contributed by atoms with E-state index in [9.17, 15) is 18.0 Å². The number of cyclic esters (lactones) is 1. The van der Waals surface area contributed by atoms with Crippen LogP contribution in [0.1, 0.15) is 31.4 Å². The van der Waals surface area contributed by atoms with Crippen molar-refractivity contribution in [2.75, 3.05) is 18.4 Å². The fraction of sp³-hybridized carbons (Fsp3) is 0.391. The van der Waals surface area contributed by atoms with Gasteiger partial charge in [-0.25, -0.2) is 4.79 Å². The van der Waals surface area contributed by atoms with Crippen molar-refractivity contribution in [1.29, 1.82) is 0 Å². The summed E-state index contributed by atoms with van der Waals surface area (Å²) < 4.78 is 46.4. The summed E-state index contributed by atoms with van der Waals surface area (Å²) in [6, 6.07) is 15.1. The van der Waals surface area contributed by atoms with Crippen molar-refractivity contribution in [3.8, 4) is 5.75 Å². The number of benzene rings is 2. The highest BCUT2D eigenvalue weighted by Gasteiger charge is 2.44. The molecule has 6 nitrogen and oxygen atoms in total. The number of thiocarbonyl (C=S) groups is 1. The third-order valence-corrected chi connectivity index (χ3v) is 6.29. The number of likely N-dealkylation sites (tertiary alicyclic amines) is 1. The van der Waals surface area contributed by atoms with Crippen molar-refractivity contribution in [2.24, 2.45) is 0 Å². The molecular formula is C23H24F3N3O3S. The van der Waals surface area contributed by atoms with Crippen LogP contribution in [0.3, 0.4) is 0 Å². The predicted octanol–water partition coefficient (Wildman–Crippen LogP) is 5.33. The van der Waals surface area contributed by atoms with E-state index in [1.54, 1.807) is 0 Å². The molecule has 0 bridgehead atoms. The number of amides is 1. The SMILES string of the molecule is CC1C(c2ccccc2)OC(=O)N1C1CCN(C(=S)Nc2ccc(OC(F)(F)F)cc2)CC1. The number of anilines is 1. The molecule has 2 fully saturated rings. The highest BCUT2D eigenvalue weighted by Crippen LogP contribution is 2.35. The standard InChI is InChI=1S/C23H24F3N3O3S/c1-15-20(16-5-3-2-4-6-16)31-22(30)29(15)18-11-13-28(14-12-18)21(33)27-17-7-9-19(10-8-17)32-23(24,25)26/h2-10,15,18,20H,11-14H2,1H3,(H,27,33). The maximum absolute atomic E-state index is 12.6. The van der Waals surface area contributed by atoms with Crippen molar-refractivity contribution in [1.82, 2.24) is 9.80 Å². The lowest BCUT2D eigenvalue weighted by atomic mass is 9.98. The zero-order valence-corrected chi connectivity index (χ0v) is 18.7. The van der Waals surface area contributed by atoms with Gasteiger partial charge < -0.3 is 19.7 Å². The van der Waals surface area contributed by atoms with Crippen LogP contribution in [-0.4, -0.2) is 52.5 Å². The Kier molecular flexibility index (Phi) is 6.64. The van der Waals surface area contributed by atoms with E-state index in [2.05, 4.69) is 10.1 Å². The van der Waals surface area contributed by atoms with Crippen molar-refractivity contribution < 1.29 is 27.4 Å². The normalized spacial score (nSPS) is 21.6. The Labute approximate surface area is 195 Å². The van der Waals surface area contributed by atoms with E-state index in [4.69, 9.17) is 17.0 Å². The number of piperidine rings is 1. The quantitative estimate of drug-likeness (QED) is 0.599. The number of nitrogens with one attached hydrogen (secondary N) is 1. The number of hydrogen-bond acceptors (Lipinski definition) is 4. The average molecular weight is 480 g/mol. The number of rotatable bonds is 4. The van der Waals surface area contributed by atoms with Crippen LogP contribution in [0.5, 0.6) is 5.75 Å². The molecule has 2 aliphatic rings. The Morgan fingerprint density at radius 1 is 1.09 bits per heavy atom. The molecule has 2 atom stereocenters. The molecule has 1 N–H and O–H groups in total. The van der Waals surface area contributed by atoms with E-state index in [0.717, 1.165) is 18.4 Å². The van der Waals surface area contributed by atoms with Gasteiger partial charge in [0.15, 0.2) is 5.11 Å².